The summed E-state index contributed by atoms with van der Waals surface area (Å²) >= 11 is 0. The molecule has 5 nitrogen and oxygen atoms in total. The van der Waals surface area contributed by atoms with Crippen LogP contribution in [-0.4, -0.2) is 11.6 Å². The topological polar surface area (TPSA) is 66.6 Å². The molecule has 0 bridgehead atoms. The lowest BCUT2D eigenvalue weighted by Crippen LogP contribution is -2.15. The van der Waals surface area contributed by atoms with Crippen molar-refractivity contribution >= 4 is 23.0 Å². The Labute approximate surface area is 185 Å². The maximum Gasteiger partial charge on any atom is 0.416 e. The van der Waals surface area contributed by atoms with E-state index in [1.165, 1.54) is 12.1 Å². The molecule has 4 rings (SSSR count). The second-order valence-electron chi connectivity index (χ2n) is 7.54. The molecule has 1 aliphatic carbocycles. The van der Waals surface area contributed by atoms with E-state index in [0.29, 0.717) is 47.9 Å². The van der Waals surface area contributed by atoms with Crippen LogP contribution in [0.2, 0.25) is 0 Å². The van der Waals surface area contributed by atoms with E-state index in [-0.39, 0.29) is 17.1 Å². The number of nitrogens with one attached hydrogen (secondary N) is 2. The van der Waals surface area contributed by atoms with Crippen LogP contribution in [0.5, 0.6) is 0 Å². The summed E-state index contributed by atoms with van der Waals surface area (Å²) in [5.74, 6) is -1.95. The summed E-state index contributed by atoms with van der Waals surface area (Å²) in [7, 11) is 0. The van der Waals surface area contributed by atoms with E-state index in [2.05, 4.69) is 15.8 Å². The normalized spacial score (nSPS) is 14.8. The first kappa shape index (κ1) is 22.5. The monoisotopic (exact) mass is 463 g/mol. The molecule has 0 spiro atoms. The SMILES string of the molecule is Cc1c(C(=O)Nc2ccc(F)cc2F)oc2c1/C(=N/Nc1cccc(C(F)(F)F)c1)CCC2. The molecule has 33 heavy (non-hydrogen) atoms. The molecule has 3 aromatic rings. The highest BCUT2D eigenvalue weighted by molar-refractivity contribution is 6.09. The van der Waals surface area contributed by atoms with E-state index in [4.69, 9.17) is 4.42 Å². The lowest BCUT2D eigenvalue weighted by atomic mass is 9.93. The van der Waals surface area contributed by atoms with Crippen LogP contribution >= 0.6 is 0 Å². The second-order valence-corrected chi connectivity index (χ2v) is 7.54. The summed E-state index contributed by atoms with van der Waals surface area (Å²) in [5.41, 5.74) is 3.39. The number of benzene rings is 2. The van der Waals surface area contributed by atoms with Crippen LogP contribution in [0.1, 0.15) is 45.8 Å². The number of carbonyl (C=O) groups excluding carboxylic acids is 1. The third-order valence-electron chi connectivity index (χ3n) is 5.22. The lowest BCUT2D eigenvalue weighted by molar-refractivity contribution is -0.137. The van der Waals surface area contributed by atoms with Gasteiger partial charge in [0.15, 0.2) is 5.76 Å². The minimum absolute atomic E-state index is 0.0441. The fourth-order valence-electron chi connectivity index (χ4n) is 3.66. The molecule has 0 fully saturated rings. The molecule has 0 saturated carbocycles. The van der Waals surface area contributed by atoms with Crippen LogP contribution in [0, 0.1) is 18.6 Å². The van der Waals surface area contributed by atoms with E-state index in [1.807, 2.05) is 0 Å². The number of alkyl halides is 3. The van der Waals surface area contributed by atoms with Crippen LogP contribution < -0.4 is 10.7 Å². The smallest absolute Gasteiger partial charge is 0.416 e. The second kappa shape index (κ2) is 8.68. The Kier molecular flexibility index (Phi) is 5.92. The van der Waals surface area contributed by atoms with Gasteiger partial charge in [0.05, 0.1) is 22.6 Å². The van der Waals surface area contributed by atoms with Crippen molar-refractivity contribution in [3.63, 3.8) is 0 Å². The number of anilines is 2. The maximum atomic E-state index is 13.9. The Morgan fingerprint density at radius 2 is 1.88 bits per heavy atom. The Morgan fingerprint density at radius 1 is 1.09 bits per heavy atom. The quantitative estimate of drug-likeness (QED) is 0.353. The van der Waals surface area contributed by atoms with Gasteiger partial charge in [-0.2, -0.15) is 18.3 Å². The Morgan fingerprint density at radius 3 is 2.61 bits per heavy atom. The van der Waals surface area contributed by atoms with Crippen molar-refractivity contribution in [1.82, 2.24) is 0 Å². The zero-order chi connectivity index (χ0) is 23.8. The Bertz CT molecular complexity index is 1250. The van der Waals surface area contributed by atoms with Gasteiger partial charge in [-0.3, -0.25) is 10.2 Å². The fraction of sp³-hybridized carbons (Fsp3) is 0.217. The number of carbonyl (C=O) groups is 1. The molecule has 2 N–H and O–H groups in total. The number of nitrogens with zero attached hydrogens (tertiary/aromatic N) is 1. The zero-order valence-electron chi connectivity index (χ0n) is 17.3. The Hall–Kier alpha value is -3.69. The van der Waals surface area contributed by atoms with E-state index in [0.717, 1.165) is 24.3 Å². The van der Waals surface area contributed by atoms with Gasteiger partial charge in [0.2, 0.25) is 0 Å². The number of halogens is 5. The molecule has 1 heterocycles. The first-order valence-electron chi connectivity index (χ1n) is 10.0. The van der Waals surface area contributed by atoms with Crippen LogP contribution in [0.4, 0.5) is 33.3 Å². The van der Waals surface area contributed by atoms with Crippen molar-refractivity contribution in [2.24, 2.45) is 5.10 Å². The lowest BCUT2D eigenvalue weighted by Gasteiger charge is -2.14. The number of hydrazone groups is 1. The molecule has 0 unspecified atom stereocenters. The molecular weight excluding hydrogens is 445 g/mol. The minimum atomic E-state index is -4.48. The van der Waals surface area contributed by atoms with Crippen LogP contribution in [0.3, 0.4) is 0 Å². The molecule has 0 atom stereocenters. The fourth-order valence-corrected chi connectivity index (χ4v) is 3.66. The molecule has 1 amide bonds. The minimum Gasteiger partial charge on any atom is -0.455 e. The van der Waals surface area contributed by atoms with Crippen molar-refractivity contribution in [3.05, 3.63) is 82.3 Å². The number of hydrogen-bond donors (Lipinski definition) is 2. The zero-order valence-corrected chi connectivity index (χ0v) is 17.3. The number of amides is 1. The van der Waals surface area contributed by atoms with Crippen molar-refractivity contribution in [1.29, 1.82) is 0 Å². The van der Waals surface area contributed by atoms with Crippen molar-refractivity contribution in [2.75, 3.05) is 10.7 Å². The molecule has 1 aromatic heterocycles. The van der Waals surface area contributed by atoms with Gasteiger partial charge in [0, 0.05) is 23.6 Å². The molecule has 172 valence electrons. The van der Waals surface area contributed by atoms with Gasteiger partial charge < -0.3 is 9.73 Å². The molecule has 0 aliphatic heterocycles. The van der Waals surface area contributed by atoms with Gasteiger partial charge in [-0.25, -0.2) is 8.78 Å². The van der Waals surface area contributed by atoms with Crippen LogP contribution in [0.15, 0.2) is 52.0 Å². The summed E-state index contributed by atoms with van der Waals surface area (Å²) in [5, 5.41) is 6.63. The van der Waals surface area contributed by atoms with E-state index in [9.17, 15) is 26.7 Å². The number of fused-ring (bicyclic) bond motifs is 1. The van der Waals surface area contributed by atoms with E-state index >= 15 is 0 Å². The van der Waals surface area contributed by atoms with Gasteiger partial charge in [0.25, 0.3) is 5.91 Å². The average Bonchev–Trinajstić information content (AvgIpc) is 3.11. The van der Waals surface area contributed by atoms with Gasteiger partial charge in [-0.05, 0) is 50.1 Å². The third kappa shape index (κ3) is 4.74. The average molecular weight is 463 g/mol. The summed E-state index contributed by atoms with van der Waals surface area (Å²) in [6.45, 7) is 1.64. The molecule has 10 heteroatoms. The maximum absolute atomic E-state index is 13.9. The summed E-state index contributed by atoms with van der Waals surface area (Å²) < 4.78 is 71.5. The van der Waals surface area contributed by atoms with E-state index < -0.39 is 29.3 Å². The van der Waals surface area contributed by atoms with Crippen LogP contribution in [-0.2, 0) is 12.6 Å². The standard InChI is InChI=1S/C23H18F5N3O2/c1-12-20-18(31-30-15-5-2-4-13(10-15)23(26,27)28)6-3-7-19(20)33-21(12)22(32)29-17-9-8-14(24)11-16(17)25/h2,4-5,8-11,30H,3,6-7H2,1H3,(H,29,32)/b31-18+. The van der Waals surface area contributed by atoms with Crippen molar-refractivity contribution in [2.45, 2.75) is 32.4 Å². The highest BCUT2D eigenvalue weighted by Crippen LogP contribution is 2.32. The molecular formula is C23H18F5N3O2. The van der Waals surface area contributed by atoms with Crippen LogP contribution in [0.25, 0.3) is 0 Å². The van der Waals surface area contributed by atoms with Gasteiger partial charge in [-0.1, -0.05) is 6.07 Å². The first-order chi connectivity index (χ1) is 15.6. The van der Waals surface area contributed by atoms with Crippen molar-refractivity contribution in [3.8, 4) is 0 Å². The largest absolute Gasteiger partial charge is 0.455 e. The summed E-state index contributed by atoms with van der Waals surface area (Å²) in [4.78, 5) is 12.7. The van der Waals surface area contributed by atoms with Gasteiger partial charge in [-0.15, -0.1) is 0 Å². The van der Waals surface area contributed by atoms with Crippen molar-refractivity contribution < 1.29 is 31.2 Å². The predicted molar refractivity (Wildman–Crippen MR) is 112 cm³/mol. The third-order valence-corrected chi connectivity index (χ3v) is 5.22. The molecule has 0 saturated heterocycles. The van der Waals surface area contributed by atoms with Gasteiger partial charge in [0.1, 0.15) is 17.4 Å². The summed E-state index contributed by atoms with van der Waals surface area (Å²) in [6.07, 6.45) is -2.75. The molecule has 2 aromatic carbocycles. The highest BCUT2D eigenvalue weighted by atomic mass is 19.4. The molecule has 0 radical (unpaired) electrons. The first-order valence-corrected chi connectivity index (χ1v) is 10.0. The highest BCUT2D eigenvalue weighted by Gasteiger charge is 2.31. The Balaban J connectivity index is 1.59. The van der Waals surface area contributed by atoms with E-state index in [1.54, 1.807) is 6.92 Å². The van der Waals surface area contributed by atoms with Gasteiger partial charge >= 0.3 is 6.18 Å². The number of hydrogen-bond acceptors (Lipinski definition) is 4. The summed E-state index contributed by atoms with van der Waals surface area (Å²) in [6, 6.07) is 7.42. The number of furan rings is 1. The predicted octanol–water partition coefficient (Wildman–Crippen LogP) is 6.29. The number of rotatable bonds is 4. The molecule has 1 aliphatic rings. The number of aryl methyl sites for hydroxylation is 1.